The van der Waals surface area contributed by atoms with E-state index in [0.717, 1.165) is 25.7 Å². The first-order valence-electron chi connectivity index (χ1n) is 12.0. The topological polar surface area (TPSA) is 74.6 Å². The first-order valence-corrected chi connectivity index (χ1v) is 13.6. The maximum absolute atomic E-state index is 11.8. The van der Waals surface area contributed by atoms with Gasteiger partial charge in [0.25, 0.3) is 0 Å². The molecule has 0 aromatic heterocycles. The van der Waals surface area contributed by atoms with Gasteiger partial charge in [0.2, 0.25) is 0 Å². The zero-order valence-electron chi connectivity index (χ0n) is 18.7. The lowest BCUT2D eigenvalue weighted by molar-refractivity contribution is -0.166. The molecule has 0 aromatic carbocycles. The predicted molar refractivity (Wildman–Crippen MR) is 130 cm³/mol. The highest BCUT2D eigenvalue weighted by Gasteiger charge is 2.45. The molecule has 0 heterocycles. The fourth-order valence-electron chi connectivity index (χ4n) is 3.96. The van der Waals surface area contributed by atoms with E-state index in [1.54, 1.807) is 0 Å². The van der Waals surface area contributed by atoms with E-state index in [2.05, 4.69) is 29.5 Å². The molecule has 2 N–H and O–H groups in total. The van der Waals surface area contributed by atoms with Crippen molar-refractivity contribution >= 4 is 34.5 Å². The van der Waals surface area contributed by atoms with Crippen molar-refractivity contribution in [2.45, 2.75) is 129 Å². The average molecular weight is 525 g/mol. The van der Waals surface area contributed by atoms with E-state index in [4.69, 9.17) is 0 Å². The Labute approximate surface area is 192 Å². The molecule has 0 radical (unpaired) electrons. The minimum atomic E-state index is -1.58. The van der Waals surface area contributed by atoms with E-state index in [9.17, 15) is 19.8 Å². The lowest BCUT2D eigenvalue weighted by Gasteiger charge is -2.25. The van der Waals surface area contributed by atoms with Crippen LogP contribution < -0.4 is 0 Å². The molecule has 0 unspecified atom stereocenters. The number of carbonyl (C=O) groups is 2. The smallest absolute Gasteiger partial charge is 0.321 e. The highest BCUT2D eigenvalue weighted by atomic mass is 127. The standard InChI is InChI=1S/C24H45IO4/c1-2-3-4-5-6-7-10-13-16-19-24(22(26)27,23(28)29)20-17-14-11-8-9-12-15-18-21-25/h2-21H2,1H3,(H,26,27)(H,28,29). The number of alkyl halides is 1. The van der Waals surface area contributed by atoms with Gasteiger partial charge in [-0.15, -0.1) is 0 Å². The molecular weight excluding hydrogens is 479 g/mol. The quantitative estimate of drug-likeness (QED) is 0.0651. The lowest BCUT2D eigenvalue weighted by Crippen LogP contribution is -2.39. The van der Waals surface area contributed by atoms with Gasteiger partial charge in [-0.3, -0.25) is 9.59 Å². The predicted octanol–water partition coefficient (Wildman–Crippen LogP) is 8.01. The summed E-state index contributed by atoms with van der Waals surface area (Å²) in [5.41, 5.74) is -1.58. The van der Waals surface area contributed by atoms with Gasteiger partial charge in [0, 0.05) is 0 Å². The molecule has 0 fully saturated rings. The molecule has 0 saturated heterocycles. The van der Waals surface area contributed by atoms with Crippen molar-refractivity contribution in [3.63, 3.8) is 0 Å². The van der Waals surface area contributed by atoms with E-state index in [0.29, 0.717) is 12.8 Å². The lowest BCUT2D eigenvalue weighted by atomic mass is 9.78. The molecule has 0 aliphatic heterocycles. The summed E-state index contributed by atoms with van der Waals surface area (Å²) in [5, 5.41) is 19.3. The van der Waals surface area contributed by atoms with Crippen LogP contribution in [0.25, 0.3) is 0 Å². The van der Waals surface area contributed by atoms with E-state index in [1.807, 2.05) is 0 Å². The Bertz CT molecular complexity index is 374. The van der Waals surface area contributed by atoms with Crippen molar-refractivity contribution < 1.29 is 19.8 Å². The minimum absolute atomic E-state index is 0.267. The fraction of sp³-hybridized carbons (Fsp3) is 0.917. The molecule has 0 amide bonds. The van der Waals surface area contributed by atoms with Crippen LogP contribution in [0.4, 0.5) is 0 Å². The SMILES string of the molecule is CCCCCCCCCCCC(CCCCCCCCCCI)(C(=O)O)C(=O)O. The molecule has 0 bridgehead atoms. The Morgan fingerprint density at radius 3 is 1.21 bits per heavy atom. The first kappa shape index (κ1) is 28.7. The van der Waals surface area contributed by atoms with Gasteiger partial charge in [-0.2, -0.15) is 0 Å². The number of hydrogen-bond donors (Lipinski definition) is 2. The van der Waals surface area contributed by atoms with Gasteiger partial charge in [0.05, 0.1) is 0 Å². The summed E-state index contributed by atoms with van der Waals surface area (Å²) in [6, 6.07) is 0. The zero-order chi connectivity index (χ0) is 21.8. The van der Waals surface area contributed by atoms with Crippen LogP contribution in [0, 0.1) is 5.41 Å². The number of aliphatic carboxylic acids is 2. The van der Waals surface area contributed by atoms with Crippen molar-refractivity contribution in [2.75, 3.05) is 4.43 Å². The molecule has 0 saturated carbocycles. The maximum atomic E-state index is 11.8. The summed E-state index contributed by atoms with van der Waals surface area (Å²) in [6.07, 6.45) is 19.8. The third-order valence-corrected chi connectivity index (χ3v) is 6.78. The number of halogens is 1. The third kappa shape index (κ3) is 14.3. The summed E-state index contributed by atoms with van der Waals surface area (Å²) in [4.78, 5) is 23.6. The Kier molecular flexibility index (Phi) is 19.4. The Morgan fingerprint density at radius 1 is 0.586 bits per heavy atom. The van der Waals surface area contributed by atoms with Crippen LogP contribution in [-0.4, -0.2) is 26.6 Å². The number of rotatable bonds is 22. The maximum Gasteiger partial charge on any atom is 0.321 e. The van der Waals surface area contributed by atoms with Crippen molar-refractivity contribution in [2.24, 2.45) is 5.41 Å². The minimum Gasteiger partial charge on any atom is -0.480 e. The average Bonchev–Trinajstić information content (AvgIpc) is 2.69. The van der Waals surface area contributed by atoms with Gasteiger partial charge in [0.1, 0.15) is 0 Å². The number of unbranched alkanes of at least 4 members (excludes halogenated alkanes) is 15. The Hall–Kier alpha value is -0.330. The zero-order valence-corrected chi connectivity index (χ0v) is 20.9. The number of carboxylic acid groups (broad SMARTS) is 2. The highest BCUT2D eigenvalue weighted by molar-refractivity contribution is 14.1. The summed E-state index contributed by atoms with van der Waals surface area (Å²) in [6.45, 7) is 2.21. The number of hydrogen-bond acceptors (Lipinski definition) is 2. The molecule has 0 aliphatic carbocycles. The Balaban J connectivity index is 4.07. The van der Waals surface area contributed by atoms with Gasteiger partial charge in [-0.05, 0) is 23.7 Å². The van der Waals surface area contributed by atoms with Crippen molar-refractivity contribution in [1.29, 1.82) is 0 Å². The van der Waals surface area contributed by atoms with Gasteiger partial charge in [-0.25, -0.2) is 0 Å². The first-order chi connectivity index (χ1) is 14.0. The summed E-state index contributed by atoms with van der Waals surface area (Å²) >= 11 is 2.41. The van der Waals surface area contributed by atoms with Crippen LogP contribution in [0.2, 0.25) is 0 Å². The molecule has 0 atom stereocenters. The normalized spacial score (nSPS) is 11.7. The van der Waals surface area contributed by atoms with Crippen LogP contribution in [0.5, 0.6) is 0 Å². The largest absolute Gasteiger partial charge is 0.480 e. The highest BCUT2D eigenvalue weighted by Crippen LogP contribution is 2.33. The van der Waals surface area contributed by atoms with Crippen molar-refractivity contribution in [1.82, 2.24) is 0 Å². The van der Waals surface area contributed by atoms with Crippen LogP contribution in [-0.2, 0) is 9.59 Å². The molecule has 0 spiro atoms. The molecule has 4 nitrogen and oxygen atoms in total. The van der Waals surface area contributed by atoms with Crippen molar-refractivity contribution in [3.8, 4) is 0 Å². The summed E-state index contributed by atoms with van der Waals surface area (Å²) in [5.74, 6) is -2.30. The number of carboxylic acids is 2. The van der Waals surface area contributed by atoms with Crippen LogP contribution in [0.1, 0.15) is 129 Å². The third-order valence-electron chi connectivity index (χ3n) is 6.01. The molecular formula is C24H45IO4. The van der Waals surface area contributed by atoms with E-state index < -0.39 is 17.4 Å². The molecule has 0 aliphatic rings. The summed E-state index contributed by atoms with van der Waals surface area (Å²) < 4.78 is 1.23. The second kappa shape index (κ2) is 19.6. The molecule has 172 valence electrons. The summed E-state index contributed by atoms with van der Waals surface area (Å²) in [7, 11) is 0. The van der Waals surface area contributed by atoms with Crippen LogP contribution in [0.15, 0.2) is 0 Å². The van der Waals surface area contributed by atoms with Crippen LogP contribution >= 0.6 is 22.6 Å². The van der Waals surface area contributed by atoms with E-state index in [1.165, 1.54) is 75.1 Å². The van der Waals surface area contributed by atoms with Crippen molar-refractivity contribution in [3.05, 3.63) is 0 Å². The molecule has 0 rings (SSSR count). The second-order valence-electron chi connectivity index (χ2n) is 8.54. The fourth-order valence-corrected chi connectivity index (χ4v) is 4.50. The molecule has 29 heavy (non-hydrogen) atoms. The molecule has 5 heteroatoms. The van der Waals surface area contributed by atoms with Crippen LogP contribution in [0.3, 0.4) is 0 Å². The monoisotopic (exact) mass is 524 g/mol. The van der Waals surface area contributed by atoms with Gasteiger partial charge in [-0.1, -0.05) is 132 Å². The van der Waals surface area contributed by atoms with Gasteiger partial charge in [0.15, 0.2) is 5.41 Å². The second-order valence-corrected chi connectivity index (χ2v) is 9.62. The van der Waals surface area contributed by atoms with Gasteiger partial charge < -0.3 is 10.2 Å². The Morgan fingerprint density at radius 2 is 0.897 bits per heavy atom. The molecule has 0 aromatic rings. The van der Waals surface area contributed by atoms with Gasteiger partial charge >= 0.3 is 11.9 Å². The van der Waals surface area contributed by atoms with E-state index >= 15 is 0 Å². The van der Waals surface area contributed by atoms with E-state index in [-0.39, 0.29) is 12.8 Å².